The van der Waals surface area contributed by atoms with Crippen LogP contribution in [0.15, 0.2) is 18.2 Å². The second kappa shape index (κ2) is 7.81. The van der Waals surface area contributed by atoms with Crippen LogP contribution < -0.4 is 10.1 Å². The van der Waals surface area contributed by atoms with Gasteiger partial charge in [-0.2, -0.15) is 11.8 Å². The number of nitrogens with one attached hydrogen (secondary N) is 1. The molecule has 0 saturated carbocycles. The Labute approximate surface area is 161 Å². The van der Waals surface area contributed by atoms with Crippen molar-refractivity contribution in [3.05, 3.63) is 29.3 Å². The minimum Gasteiger partial charge on any atom is -0.480 e. The second-order valence-electron chi connectivity index (χ2n) is 7.96. The van der Waals surface area contributed by atoms with E-state index in [-0.39, 0.29) is 24.1 Å². The monoisotopic (exact) mass is 374 g/mol. The quantitative estimate of drug-likeness (QED) is 0.873. The van der Waals surface area contributed by atoms with Gasteiger partial charge >= 0.3 is 0 Å². The van der Waals surface area contributed by atoms with Gasteiger partial charge in [0.15, 0.2) is 6.10 Å². The molecule has 4 rings (SSSR count). The first-order valence-electron chi connectivity index (χ1n) is 10.1. The van der Waals surface area contributed by atoms with E-state index in [1.165, 1.54) is 42.6 Å². The lowest BCUT2D eigenvalue weighted by atomic mass is 9.95. The number of thioether (sulfide) groups is 1. The maximum Gasteiger partial charge on any atom is 0.265 e. The molecule has 26 heavy (non-hydrogen) atoms. The molecule has 3 heterocycles. The summed E-state index contributed by atoms with van der Waals surface area (Å²) >= 11 is 2.02. The summed E-state index contributed by atoms with van der Waals surface area (Å²) in [7, 11) is 0. The van der Waals surface area contributed by atoms with Gasteiger partial charge in [0.1, 0.15) is 5.75 Å². The first kappa shape index (κ1) is 18.2. The van der Waals surface area contributed by atoms with Crippen molar-refractivity contribution < 1.29 is 9.53 Å². The van der Waals surface area contributed by atoms with Crippen LogP contribution in [0.5, 0.6) is 5.75 Å². The third-order valence-electron chi connectivity index (χ3n) is 5.98. The number of hydrogen-bond acceptors (Lipinski definition) is 4. The van der Waals surface area contributed by atoms with E-state index in [0.717, 1.165) is 25.3 Å². The predicted molar refractivity (Wildman–Crippen MR) is 107 cm³/mol. The van der Waals surface area contributed by atoms with Gasteiger partial charge in [-0.3, -0.25) is 10.1 Å². The highest BCUT2D eigenvalue weighted by molar-refractivity contribution is 8.00. The zero-order chi connectivity index (χ0) is 18.1. The van der Waals surface area contributed by atoms with Crippen LogP contribution in [-0.2, 0) is 4.79 Å². The van der Waals surface area contributed by atoms with Crippen molar-refractivity contribution in [3.8, 4) is 5.75 Å². The number of hydrogen-bond donors (Lipinski definition) is 1. The van der Waals surface area contributed by atoms with E-state index in [2.05, 4.69) is 36.2 Å². The van der Waals surface area contributed by atoms with Crippen LogP contribution in [0, 0.1) is 6.92 Å². The zero-order valence-electron chi connectivity index (χ0n) is 15.9. The summed E-state index contributed by atoms with van der Waals surface area (Å²) in [4.78, 5) is 15.7. The van der Waals surface area contributed by atoms with Gasteiger partial charge in [0.05, 0.1) is 6.17 Å². The van der Waals surface area contributed by atoms with Crippen molar-refractivity contribution in [1.29, 1.82) is 0 Å². The third-order valence-corrected chi connectivity index (χ3v) is 7.36. The molecule has 1 aromatic rings. The van der Waals surface area contributed by atoms with Gasteiger partial charge < -0.3 is 9.64 Å². The minimum atomic E-state index is -0.387. The first-order chi connectivity index (χ1) is 12.6. The molecule has 142 valence electrons. The minimum absolute atomic E-state index is 0.111. The fourth-order valence-corrected chi connectivity index (χ4v) is 5.70. The summed E-state index contributed by atoms with van der Waals surface area (Å²) in [6, 6.07) is 6.25. The Morgan fingerprint density at radius 2 is 2.19 bits per heavy atom. The van der Waals surface area contributed by atoms with Gasteiger partial charge in [-0.1, -0.05) is 24.6 Å². The third kappa shape index (κ3) is 3.61. The Morgan fingerprint density at radius 3 is 2.92 bits per heavy atom. The number of rotatable bonds is 4. The predicted octanol–water partition coefficient (Wildman–Crippen LogP) is 3.68. The Bertz CT molecular complexity index is 653. The number of ether oxygens (including phenoxy) is 1. The van der Waals surface area contributed by atoms with Crippen molar-refractivity contribution in [2.24, 2.45) is 0 Å². The van der Waals surface area contributed by atoms with Crippen molar-refractivity contribution in [2.45, 2.75) is 69.4 Å². The van der Waals surface area contributed by atoms with Crippen molar-refractivity contribution in [3.63, 3.8) is 0 Å². The maximum atomic E-state index is 13.5. The Balaban J connectivity index is 1.53. The van der Waals surface area contributed by atoms with E-state index in [1.54, 1.807) is 0 Å². The van der Waals surface area contributed by atoms with Gasteiger partial charge in [-0.25, -0.2) is 0 Å². The molecule has 4 nitrogen and oxygen atoms in total. The number of benzene rings is 1. The van der Waals surface area contributed by atoms with Crippen molar-refractivity contribution >= 4 is 17.7 Å². The van der Waals surface area contributed by atoms with Crippen LogP contribution in [0.4, 0.5) is 0 Å². The molecule has 3 aliphatic rings. The Kier molecular flexibility index (Phi) is 5.46. The summed E-state index contributed by atoms with van der Waals surface area (Å²) in [5, 5.41) is 4.16. The summed E-state index contributed by atoms with van der Waals surface area (Å²) in [5.41, 5.74) is 2.40. The molecule has 0 spiro atoms. The Morgan fingerprint density at radius 1 is 1.31 bits per heavy atom. The van der Waals surface area contributed by atoms with Crippen LogP contribution in [0.3, 0.4) is 0 Å². The lowest BCUT2D eigenvalue weighted by molar-refractivity contribution is -0.142. The molecule has 5 heteroatoms. The number of piperidine rings is 1. The lowest BCUT2D eigenvalue weighted by Gasteiger charge is -2.38. The summed E-state index contributed by atoms with van der Waals surface area (Å²) < 4.78 is 6.15. The number of carbonyl (C=O) groups is 1. The largest absolute Gasteiger partial charge is 0.480 e. The molecular weight excluding hydrogens is 344 g/mol. The van der Waals surface area contributed by atoms with Crippen molar-refractivity contribution in [1.82, 2.24) is 10.2 Å². The van der Waals surface area contributed by atoms with Gasteiger partial charge in [-0.05, 0) is 57.4 Å². The summed E-state index contributed by atoms with van der Waals surface area (Å²) in [5.74, 6) is 2.39. The number of carbonyl (C=O) groups excluding carboxylic acids is 1. The van der Waals surface area contributed by atoms with E-state index in [4.69, 9.17) is 4.74 Å². The maximum absolute atomic E-state index is 13.5. The topological polar surface area (TPSA) is 41.6 Å². The number of amides is 1. The normalized spacial score (nSPS) is 30.7. The number of nitrogens with zero attached hydrogens (tertiary/aromatic N) is 1. The van der Waals surface area contributed by atoms with E-state index < -0.39 is 0 Å². The highest BCUT2D eigenvalue weighted by atomic mass is 32.2. The molecular formula is C21H30N2O2S. The van der Waals surface area contributed by atoms with Crippen LogP contribution in [0.25, 0.3) is 0 Å². The molecule has 4 atom stereocenters. The van der Waals surface area contributed by atoms with Crippen molar-refractivity contribution in [2.75, 3.05) is 18.8 Å². The van der Waals surface area contributed by atoms with Crippen LogP contribution >= 0.6 is 11.8 Å². The molecule has 0 radical (unpaired) electrons. The highest BCUT2D eigenvalue weighted by Gasteiger charge is 2.41. The fourth-order valence-electron chi connectivity index (χ4n) is 4.44. The first-order valence-corrected chi connectivity index (χ1v) is 11.1. The molecule has 1 aromatic carbocycles. The number of aryl methyl sites for hydroxylation is 1. The standard InChI is InChI=1S/C21H30N2O2S/c1-14-8-9-18-17(12-14)15(2)20(25-18)21(24)23(13-16-6-5-11-26-16)19-7-3-4-10-22-19/h8-9,12,15-16,19-20,22H,3-7,10-11,13H2,1-2H3. The molecule has 4 unspecified atom stereocenters. The number of fused-ring (bicyclic) bond motifs is 1. The van der Waals surface area contributed by atoms with Gasteiger partial charge in [0, 0.05) is 23.3 Å². The molecule has 0 bridgehead atoms. The van der Waals surface area contributed by atoms with Crippen LogP contribution in [0.2, 0.25) is 0 Å². The Hall–Kier alpha value is -1.20. The van der Waals surface area contributed by atoms with Gasteiger partial charge in [-0.15, -0.1) is 0 Å². The van der Waals surface area contributed by atoms with E-state index in [9.17, 15) is 4.79 Å². The molecule has 2 fully saturated rings. The zero-order valence-corrected chi connectivity index (χ0v) is 16.7. The van der Waals surface area contributed by atoms with Gasteiger partial charge in [0.2, 0.25) is 0 Å². The summed E-state index contributed by atoms with van der Waals surface area (Å²) in [6.07, 6.45) is 5.73. The lowest BCUT2D eigenvalue weighted by Crippen LogP contribution is -2.56. The second-order valence-corrected chi connectivity index (χ2v) is 9.37. The molecule has 2 saturated heterocycles. The molecule has 1 N–H and O–H groups in total. The summed E-state index contributed by atoms with van der Waals surface area (Å²) in [6.45, 7) is 6.08. The average molecular weight is 375 g/mol. The molecule has 3 aliphatic heterocycles. The van der Waals surface area contributed by atoms with E-state index >= 15 is 0 Å². The van der Waals surface area contributed by atoms with E-state index in [0.29, 0.717) is 5.25 Å². The smallest absolute Gasteiger partial charge is 0.265 e. The molecule has 1 amide bonds. The van der Waals surface area contributed by atoms with Crippen LogP contribution in [0.1, 0.15) is 56.1 Å². The fraction of sp³-hybridized carbons (Fsp3) is 0.667. The molecule has 0 aliphatic carbocycles. The average Bonchev–Trinajstić information content (AvgIpc) is 3.28. The van der Waals surface area contributed by atoms with E-state index in [1.807, 2.05) is 17.8 Å². The highest BCUT2D eigenvalue weighted by Crippen LogP contribution is 2.40. The molecule has 0 aromatic heterocycles. The van der Waals surface area contributed by atoms with Gasteiger partial charge in [0.25, 0.3) is 5.91 Å². The SMILES string of the molecule is Cc1ccc2c(c1)C(C)C(C(=O)N(CC1CCCS1)C1CCCCN1)O2. The van der Waals surface area contributed by atoms with Crippen LogP contribution in [-0.4, -0.2) is 47.2 Å².